The van der Waals surface area contributed by atoms with Crippen LogP contribution in [0.1, 0.15) is 32.6 Å². The van der Waals surface area contributed by atoms with E-state index in [0.717, 1.165) is 19.3 Å². The Labute approximate surface area is 61.2 Å². The Morgan fingerprint density at radius 3 is 2.70 bits per heavy atom. The van der Waals surface area contributed by atoms with E-state index in [4.69, 9.17) is 5.11 Å². The van der Waals surface area contributed by atoms with Crippen molar-refractivity contribution in [3.05, 3.63) is 0 Å². The van der Waals surface area contributed by atoms with Gasteiger partial charge >= 0.3 is 0 Å². The highest BCUT2D eigenvalue weighted by molar-refractivity contribution is 4.85. The van der Waals surface area contributed by atoms with Gasteiger partial charge in [0.2, 0.25) is 0 Å². The number of hydrogen-bond donors (Lipinski definition) is 1. The Kier molecular flexibility index (Phi) is 2.29. The second kappa shape index (κ2) is 2.87. The first-order valence-corrected chi connectivity index (χ1v) is 3.94. The molecule has 0 aliphatic heterocycles. The van der Waals surface area contributed by atoms with Crippen LogP contribution in [-0.4, -0.2) is 17.9 Å². The van der Waals surface area contributed by atoms with Crippen LogP contribution in [0.2, 0.25) is 0 Å². The molecule has 1 aliphatic carbocycles. The smallest absolute Gasteiger partial charge is 0.108 e. The molecule has 0 saturated heterocycles. The quantitative estimate of drug-likeness (QED) is 0.599. The number of aliphatic hydroxyl groups excluding tert-OH is 1. The average molecular weight is 146 g/mol. The van der Waals surface area contributed by atoms with Gasteiger partial charge in [-0.2, -0.15) is 0 Å². The number of alkyl halides is 1. The summed E-state index contributed by atoms with van der Waals surface area (Å²) in [4.78, 5) is 0. The molecule has 2 atom stereocenters. The first-order valence-electron chi connectivity index (χ1n) is 3.94. The molecule has 0 spiro atoms. The van der Waals surface area contributed by atoms with Crippen LogP contribution in [0.5, 0.6) is 0 Å². The summed E-state index contributed by atoms with van der Waals surface area (Å²) >= 11 is 0. The van der Waals surface area contributed by atoms with Crippen LogP contribution >= 0.6 is 0 Å². The Hall–Kier alpha value is -0.110. The van der Waals surface area contributed by atoms with Crippen molar-refractivity contribution >= 4 is 0 Å². The van der Waals surface area contributed by atoms with Gasteiger partial charge in [0.15, 0.2) is 0 Å². The van der Waals surface area contributed by atoms with E-state index in [0.29, 0.717) is 6.42 Å². The van der Waals surface area contributed by atoms with Crippen molar-refractivity contribution in [3.8, 4) is 0 Å². The highest BCUT2D eigenvalue weighted by atomic mass is 19.1. The highest BCUT2D eigenvalue weighted by Crippen LogP contribution is 2.37. The molecule has 2 unspecified atom stereocenters. The molecule has 1 nitrogen and oxygen atoms in total. The van der Waals surface area contributed by atoms with Crippen molar-refractivity contribution in [1.29, 1.82) is 0 Å². The van der Waals surface area contributed by atoms with Gasteiger partial charge < -0.3 is 5.11 Å². The summed E-state index contributed by atoms with van der Waals surface area (Å²) in [7, 11) is 0. The summed E-state index contributed by atoms with van der Waals surface area (Å²) in [5.41, 5.74) is -0.432. The molecule has 0 heterocycles. The van der Waals surface area contributed by atoms with Crippen LogP contribution in [0.4, 0.5) is 4.39 Å². The van der Waals surface area contributed by atoms with E-state index in [1.807, 2.05) is 6.92 Å². The fourth-order valence-corrected chi connectivity index (χ4v) is 1.54. The molecule has 0 radical (unpaired) electrons. The van der Waals surface area contributed by atoms with Crippen molar-refractivity contribution in [2.75, 3.05) is 6.61 Å². The molecule has 0 aromatic heterocycles. The molecule has 1 fully saturated rings. The lowest BCUT2D eigenvalue weighted by molar-refractivity contribution is 0.0165. The predicted octanol–water partition coefficient (Wildman–Crippen LogP) is 1.90. The van der Waals surface area contributed by atoms with Gasteiger partial charge in [-0.1, -0.05) is 19.8 Å². The maximum Gasteiger partial charge on any atom is 0.108 e. The summed E-state index contributed by atoms with van der Waals surface area (Å²) in [5.74, 6) is 0. The molecule has 0 aromatic rings. The van der Waals surface area contributed by atoms with Gasteiger partial charge in [-0.3, -0.25) is 0 Å². The van der Waals surface area contributed by atoms with Gasteiger partial charge in [0.1, 0.15) is 6.17 Å². The molecule has 2 heteroatoms. The first kappa shape index (κ1) is 7.99. The molecular formula is C8H15FO. The highest BCUT2D eigenvalue weighted by Gasteiger charge is 2.35. The molecule has 1 saturated carbocycles. The van der Waals surface area contributed by atoms with Gasteiger partial charge in [-0.15, -0.1) is 0 Å². The maximum atomic E-state index is 13.1. The van der Waals surface area contributed by atoms with E-state index in [1.54, 1.807) is 0 Å². The van der Waals surface area contributed by atoms with E-state index in [2.05, 4.69) is 0 Å². The van der Waals surface area contributed by atoms with E-state index in [9.17, 15) is 4.39 Å². The number of halogens is 1. The second-order valence-corrected chi connectivity index (χ2v) is 3.53. The van der Waals surface area contributed by atoms with E-state index in [1.165, 1.54) is 0 Å². The molecule has 1 rings (SSSR count). The molecule has 1 aliphatic rings. The summed E-state index contributed by atoms with van der Waals surface area (Å²) in [6, 6.07) is 0. The van der Waals surface area contributed by atoms with Crippen LogP contribution in [0.25, 0.3) is 0 Å². The largest absolute Gasteiger partial charge is 0.396 e. The summed E-state index contributed by atoms with van der Waals surface area (Å²) in [6.07, 6.45) is 2.74. The minimum atomic E-state index is -0.786. The maximum absolute atomic E-state index is 13.1. The molecule has 0 amide bonds. The van der Waals surface area contributed by atoms with E-state index >= 15 is 0 Å². The van der Waals surface area contributed by atoms with Gasteiger partial charge in [-0.05, 0) is 12.8 Å². The minimum Gasteiger partial charge on any atom is -0.396 e. The van der Waals surface area contributed by atoms with Gasteiger partial charge in [-0.25, -0.2) is 4.39 Å². The third kappa shape index (κ3) is 1.31. The minimum absolute atomic E-state index is 0.00579. The zero-order valence-electron chi connectivity index (χ0n) is 6.44. The van der Waals surface area contributed by atoms with Crippen molar-refractivity contribution in [2.45, 2.75) is 38.8 Å². The SMILES string of the molecule is CC1(CO)CCCCC1F. The van der Waals surface area contributed by atoms with Crippen molar-refractivity contribution in [1.82, 2.24) is 0 Å². The Bertz CT molecular complexity index is 116. The van der Waals surface area contributed by atoms with Gasteiger partial charge in [0.05, 0.1) is 6.61 Å². The van der Waals surface area contributed by atoms with E-state index in [-0.39, 0.29) is 6.61 Å². The zero-order chi connectivity index (χ0) is 7.61. The predicted molar refractivity (Wildman–Crippen MR) is 38.6 cm³/mol. The van der Waals surface area contributed by atoms with Crippen LogP contribution in [0.3, 0.4) is 0 Å². The van der Waals surface area contributed by atoms with Crippen LogP contribution < -0.4 is 0 Å². The van der Waals surface area contributed by atoms with Crippen molar-refractivity contribution in [2.24, 2.45) is 5.41 Å². The monoisotopic (exact) mass is 146 g/mol. The Balaban J connectivity index is 2.54. The standard InChI is InChI=1S/C8H15FO/c1-8(6-10)5-3-2-4-7(8)9/h7,10H,2-6H2,1H3. The van der Waals surface area contributed by atoms with Crippen molar-refractivity contribution in [3.63, 3.8) is 0 Å². The second-order valence-electron chi connectivity index (χ2n) is 3.53. The lowest BCUT2D eigenvalue weighted by atomic mass is 9.75. The van der Waals surface area contributed by atoms with Crippen LogP contribution in [-0.2, 0) is 0 Å². The molecule has 60 valence electrons. The molecule has 0 bridgehead atoms. The fraction of sp³-hybridized carbons (Fsp3) is 1.00. The lowest BCUT2D eigenvalue weighted by Crippen LogP contribution is -2.35. The van der Waals surface area contributed by atoms with Crippen LogP contribution in [0, 0.1) is 5.41 Å². The molecule has 1 N–H and O–H groups in total. The lowest BCUT2D eigenvalue weighted by Gasteiger charge is -2.34. The topological polar surface area (TPSA) is 20.2 Å². The normalized spacial score (nSPS) is 41.7. The summed E-state index contributed by atoms with van der Waals surface area (Å²) < 4.78 is 13.1. The molecule has 0 aromatic carbocycles. The molecule has 10 heavy (non-hydrogen) atoms. The number of hydrogen-bond acceptors (Lipinski definition) is 1. The average Bonchev–Trinajstić information content (AvgIpc) is 1.96. The Morgan fingerprint density at radius 1 is 1.60 bits per heavy atom. The first-order chi connectivity index (χ1) is 4.69. The number of rotatable bonds is 1. The summed E-state index contributed by atoms with van der Waals surface area (Å²) in [6.45, 7) is 1.82. The van der Waals surface area contributed by atoms with Gasteiger partial charge in [0, 0.05) is 5.41 Å². The Morgan fingerprint density at radius 2 is 2.30 bits per heavy atom. The summed E-state index contributed by atoms with van der Waals surface area (Å²) in [5, 5.41) is 8.88. The molecular weight excluding hydrogens is 131 g/mol. The van der Waals surface area contributed by atoms with Gasteiger partial charge in [0.25, 0.3) is 0 Å². The third-order valence-electron chi connectivity index (χ3n) is 2.57. The van der Waals surface area contributed by atoms with Crippen LogP contribution in [0.15, 0.2) is 0 Å². The fourth-order valence-electron chi connectivity index (χ4n) is 1.54. The zero-order valence-corrected chi connectivity index (χ0v) is 6.44. The third-order valence-corrected chi connectivity index (χ3v) is 2.57. The number of aliphatic hydroxyl groups is 1. The van der Waals surface area contributed by atoms with Crippen molar-refractivity contribution < 1.29 is 9.50 Å². The van der Waals surface area contributed by atoms with E-state index < -0.39 is 11.6 Å².